The third kappa shape index (κ3) is 3.30. The lowest BCUT2D eigenvalue weighted by molar-refractivity contribution is 0.0943. The highest BCUT2D eigenvalue weighted by Crippen LogP contribution is 2.15. The first-order valence-electron chi connectivity index (χ1n) is 7.39. The highest BCUT2D eigenvalue weighted by molar-refractivity contribution is 5.97. The first-order valence-corrected chi connectivity index (χ1v) is 7.39. The van der Waals surface area contributed by atoms with Crippen LogP contribution >= 0.6 is 0 Å². The molecule has 0 radical (unpaired) electrons. The molecular weight excluding hydrogens is 285 g/mol. The van der Waals surface area contributed by atoms with Gasteiger partial charge in [0.2, 0.25) is 0 Å². The maximum Gasteiger partial charge on any atom is 0.253 e. The molecule has 7 heteroatoms. The Labute approximate surface area is 127 Å². The number of benzene rings is 1. The summed E-state index contributed by atoms with van der Waals surface area (Å²) in [4.78, 5) is 13.7. The summed E-state index contributed by atoms with van der Waals surface area (Å²) in [5.74, 6) is -0.293. The van der Waals surface area contributed by atoms with Gasteiger partial charge >= 0.3 is 0 Å². The third-order valence-corrected chi connectivity index (χ3v) is 3.85. The number of piperidine rings is 1. The molecule has 1 aromatic heterocycles. The molecule has 116 valence electrons. The average Bonchev–Trinajstić information content (AvgIpc) is 3.08. The second-order valence-corrected chi connectivity index (χ2v) is 5.38. The number of nitrogens with one attached hydrogen (secondary N) is 2. The number of aromatic nitrogens is 3. The van der Waals surface area contributed by atoms with Crippen molar-refractivity contribution < 1.29 is 9.18 Å². The average molecular weight is 303 g/mol. The Bertz CT molecular complexity index is 637. The number of halogens is 1. The van der Waals surface area contributed by atoms with E-state index in [0.29, 0.717) is 18.2 Å². The van der Waals surface area contributed by atoms with E-state index in [1.54, 1.807) is 0 Å². The maximum absolute atomic E-state index is 13.5. The largest absolute Gasteiger partial charge is 0.352 e. The molecule has 1 saturated heterocycles. The van der Waals surface area contributed by atoms with Crippen LogP contribution in [0.1, 0.15) is 23.2 Å². The zero-order valence-electron chi connectivity index (χ0n) is 12.1. The summed E-state index contributed by atoms with van der Waals surface area (Å²) in [6.45, 7) is 2.55. The van der Waals surface area contributed by atoms with Crippen LogP contribution in [0.3, 0.4) is 0 Å². The minimum atomic E-state index is -0.456. The highest BCUT2D eigenvalue weighted by atomic mass is 19.1. The van der Waals surface area contributed by atoms with Gasteiger partial charge in [-0.2, -0.15) is 15.0 Å². The normalized spacial score (nSPS) is 15.7. The van der Waals surface area contributed by atoms with Crippen LogP contribution in [0.2, 0.25) is 0 Å². The number of hydrogen-bond donors (Lipinski definition) is 2. The number of carbonyl (C=O) groups excluding carboxylic acids is 1. The summed E-state index contributed by atoms with van der Waals surface area (Å²) in [6.07, 6.45) is 5.11. The molecule has 2 N–H and O–H groups in total. The zero-order valence-corrected chi connectivity index (χ0v) is 12.1. The van der Waals surface area contributed by atoms with E-state index in [4.69, 9.17) is 0 Å². The first-order chi connectivity index (χ1) is 10.7. The molecule has 1 aromatic carbocycles. The molecule has 0 bridgehead atoms. The maximum atomic E-state index is 13.5. The molecule has 0 aliphatic carbocycles. The van der Waals surface area contributed by atoms with E-state index < -0.39 is 5.82 Å². The van der Waals surface area contributed by atoms with Gasteiger partial charge in [-0.15, -0.1) is 0 Å². The number of carbonyl (C=O) groups is 1. The van der Waals surface area contributed by atoms with E-state index in [9.17, 15) is 9.18 Å². The Balaban J connectivity index is 1.75. The van der Waals surface area contributed by atoms with E-state index in [1.807, 2.05) is 0 Å². The zero-order chi connectivity index (χ0) is 15.4. The third-order valence-electron chi connectivity index (χ3n) is 3.85. The Morgan fingerprint density at radius 3 is 2.77 bits per heavy atom. The molecule has 0 spiro atoms. The van der Waals surface area contributed by atoms with Crippen molar-refractivity contribution in [3.05, 3.63) is 42.0 Å². The summed E-state index contributed by atoms with van der Waals surface area (Å²) in [7, 11) is 0. The standard InChI is InChI=1S/C15H18FN5O/c16-12-1-2-14(21-19-7-8-20-21)13(9-12)15(22)18-10-11-3-5-17-6-4-11/h1-2,7-9,11,17H,3-6,10H2,(H,18,22). The predicted octanol–water partition coefficient (Wildman–Crippen LogP) is 1.14. The quantitative estimate of drug-likeness (QED) is 0.888. The SMILES string of the molecule is O=C(NCC1CCNCC1)c1cc(F)ccc1-n1nccn1. The fraction of sp³-hybridized carbons (Fsp3) is 0.400. The smallest absolute Gasteiger partial charge is 0.253 e. The van der Waals surface area contributed by atoms with Gasteiger partial charge in [0.15, 0.2) is 0 Å². The molecule has 2 heterocycles. The van der Waals surface area contributed by atoms with Crippen molar-refractivity contribution in [2.75, 3.05) is 19.6 Å². The molecule has 2 aromatic rings. The molecule has 6 nitrogen and oxygen atoms in total. The molecular formula is C15H18FN5O. The summed E-state index contributed by atoms with van der Waals surface area (Å²) >= 11 is 0. The second-order valence-electron chi connectivity index (χ2n) is 5.38. The van der Waals surface area contributed by atoms with Crippen LogP contribution in [0.25, 0.3) is 5.69 Å². The van der Waals surface area contributed by atoms with Crippen LogP contribution in [0.5, 0.6) is 0 Å². The monoisotopic (exact) mass is 303 g/mol. The van der Waals surface area contributed by atoms with Crippen molar-refractivity contribution in [2.24, 2.45) is 5.92 Å². The number of amides is 1. The van der Waals surface area contributed by atoms with Crippen LogP contribution in [-0.2, 0) is 0 Å². The van der Waals surface area contributed by atoms with E-state index in [1.165, 1.54) is 35.4 Å². The van der Waals surface area contributed by atoms with Gasteiger partial charge in [-0.1, -0.05) is 0 Å². The first kappa shape index (κ1) is 14.6. The molecule has 1 aliphatic rings. The minimum Gasteiger partial charge on any atom is -0.352 e. The number of hydrogen-bond acceptors (Lipinski definition) is 4. The molecule has 1 amide bonds. The van der Waals surface area contributed by atoms with E-state index >= 15 is 0 Å². The lowest BCUT2D eigenvalue weighted by Crippen LogP contribution is -2.36. The van der Waals surface area contributed by atoms with Crippen molar-refractivity contribution in [3.8, 4) is 5.69 Å². The van der Waals surface area contributed by atoms with E-state index in [0.717, 1.165) is 25.9 Å². The highest BCUT2D eigenvalue weighted by Gasteiger charge is 2.18. The van der Waals surface area contributed by atoms with Crippen LogP contribution in [0.15, 0.2) is 30.6 Å². The molecule has 0 atom stereocenters. The van der Waals surface area contributed by atoms with Crippen molar-refractivity contribution in [2.45, 2.75) is 12.8 Å². The summed E-state index contributed by atoms with van der Waals surface area (Å²) in [5, 5.41) is 14.2. The van der Waals surface area contributed by atoms with Crippen LogP contribution < -0.4 is 10.6 Å². The fourth-order valence-corrected chi connectivity index (χ4v) is 2.62. The lowest BCUT2D eigenvalue weighted by Gasteiger charge is -2.22. The molecule has 22 heavy (non-hydrogen) atoms. The molecule has 0 saturated carbocycles. The Morgan fingerprint density at radius 1 is 1.32 bits per heavy atom. The van der Waals surface area contributed by atoms with Crippen LogP contribution in [0.4, 0.5) is 4.39 Å². The van der Waals surface area contributed by atoms with Gasteiger partial charge in [-0.25, -0.2) is 4.39 Å². The molecule has 0 unspecified atom stereocenters. The Hall–Kier alpha value is -2.28. The van der Waals surface area contributed by atoms with E-state index in [-0.39, 0.29) is 11.5 Å². The van der Waals surface area contributed by atoms with Gasteiger partial charge in [0, 0.05) is 6.54 Å². The van der Waals surface area contributed by atoms with Crippen LogP contribution in [-0.4, -0.2) is 40.5 Å². The number of nitrogens with zero attached hydrogens (tertiary/aromatic N) is 3. The van der Waals surface area contributed by atoms with Gasteiger partial charge in [0.05, 0.1) is 23.6 Å². The summed E-state index contributed by atoms with van der Waals surface area (Å²) < 4.78 is 13.5. The summed E-state index contributed by atoms with van der Waals surface area (Å²) in [5.41, 5.74) is 0.708. The lowest BCUT2D eigenvalue weighted by atomic mass is 9.98. The molecule has 1 aliphatic heterocycles. The minimum absolute atomic E-state index is 0.241. The van der Waals surface area contributed by atoms with E-state index in [2.05, 4.69) is 20.8 Å². The van der Waals surface area contributed by atoms with Crippen LogP contribution in [0, 0.1) is 11.7 Å². The van der Waals surface area contributed by atoms with Gasteiger partial charge in [0.1, 0.15) is 5.82 Å². The van der Waals surface area contributed by atoms with Crippen molar-refractivity contribution in [1.82, 2.24) is 25.6 Å². The van der Waals surface area contributed by atoms with Crippen molar-refractivity contribution >= 4 is 5.91 Å². The Morgan fingerprint density at radius 2 is 2.05 bits per heavy atom. The number of rotatable bonds is 4. The Kier molecular flexibility index (Phi) is 4.43. The van der Waals surface area contributed by atoms with Gasteiger partial charge in [0.25, 0.3) is 5.91 Å². The fourth-order valence-electron chi connectivity index (χ4n) is 2.62. The van der Waals surface area contributed by atoms with Crippen molar-refractivity contribution in [3.63, 3.8) is 0 Å². The van der Waals surface area contributed by atoms with Gasteiger partial charge in [-0.05, 0) is 50.0 Å². The van der Waals surface area contributed by atoms with Gasteiger partial charge < -0.3 is 10.6 Å². The van der Waals surface area contributed by atoms with Gasteiger partial charge in [-0.3, -0.25) is 4.79 Å². The molecule has 1 fully saturated rings. The topological polar surface area (TPSA) is 71.8 Å². The molecule has 3 rings (SSSR count). The van der Waals surface area contributed by atoms with Crippen molar-refractivity contribution in [1.29, 1.82) is 0 Å². The second kappa shape index (κ2) is 6.65. The predicted molar refractivity (Wildman–Crippen MR) is 79.2 cm³/mol. The summed E-state index contributed by atoms with van der Waals surface area (Å²) in [6, 6.07) is 4.02.